The molecule has 0 unspecified atom stereocenters. The Morgan fingerprint density at radius 1 is 1.10 bits per heavy atom. The molecule has 0 fully saturated rings. The number of hydrogen-bond donors (Lipinski definition) is 1. The van der Waals surface area contributed by atoms with Gasteiger partial charge in [0.25, 0.3) is 0 Å². The normalized spacial score (nSPS) is 10.8. The lowest BCUT2D eigenvalue weighted by atomic mass is 10.1. The first kappa shape index (κ1) is 14.0. The van der Waals surface area contributed by atoms with Crippen molar-refractivity contribution in [1.82, 2.24) is 9.97 Å². The van der Waals surface area contributed by atoms with Crippen LogP contribution in [0.3, 0.4) is 0 Å². The number of halogens is 1. The molecule has 0 spiro atoms. The van der Waals surface area contributed by atoms with Gasteiger partial charge in [-0.15, -0.1) is 0 Å². The van der Waals surface area contributed by atoms with Crippen molar-refractivity contribution in [3.8, 4) is 0 Å². The van der Waals surface area contributed by atoms with E-state index < -0.39 is 0 Å². The van der Waals surface area contributed by atoms with Crippen molar-refractivity contribution < 1.29 is 0 Å². The number of para-hydroxylation sites is 2. The molecule has 0 saturated carbocycles. The molecule has 0 atom stereocenters. The van der Waals surface area contributed by atoms with Gasteiger partial charge in [-0.1, -0.05) is 35.0 Å². The molecule has 0 amide bonds. The summed E-state index contributed by atoms with van der Waals surface area (Å²) in [4.78, 5) is 9.07. The molecule has 3 rings (SSSR count). The molecule has 0 aliphatic heterocycles. The number of benzene rings is 2. The molecule has 0 saturated heterocycles. The molecular weight excluding hydrogens is 326 g/mol. The molecule has 21 heavy (non-hydrogen) atoms. The van der Waals surface area contributed by atoms with E-state index in [9.17, 15) is 0 Å². The van der Waals surface area contributed by atoms with Gasteiger partial charge in [0, 0.05) is 10.2 Å². The molecule has 3 nitrogen and oxygen atoms in total. The Labute approximate surface area is 132 Å². The summed E-state index contributed by atoms with van der Waals surface area (Å²) in [6.45, 7) is 2.83. The van der Waals surface area contributed by atoms with E-state index in [1.165, 1.54) is 5.56 Å². The van der Waals surface area contributed by atoms with Crippen molar-refractivity contribution >= 4 is 32.7 Å². The Morgan fingerprint density at radius 2 is 1.90 bits per heavy atom. The van der Waals surface area contributed by atoms with Gasteiger partial charge < -0.3 is 5.32 Å². The summed E-state index contributed by atoms with van der Waals surface area (Å²) in [5.74, 6) is 0. The minimum atomic E-state index is 0.673. The number of aromatic nitrogens is 2. The fraction of sp³-hybridized carbons (Fsp3) is 0.176. The average Bonchev–Trinajstić information content (AvgIpc) is 2.53. The number of hydrogen-bond acceptors (Lipinski definition) is 3. The highest BCUT2D eigenvalue weighted by Crippen LogP contribution is 2.22. The van der Waals surface area contributed by atoms with Crippen LogP contribution >= 0.6 is 15.9 Å². The summed E-state index contributed by atoms with van der Waals surface area (Å²) in [5.41, 5.74) is 5.25. The minimum Gasteiger partial charge on any atom is -0.379 e. The number of aryl methyl sites for hydroxylation is 1. The van der Waals surface area contributed by atoms with Crippen molar-refractivity contribution in [2.24, 2.45) is 0 Å². The van der Waals surface area contributed by atoms with Crippen LogP contribution in [0.1, 0.15) is 18.2 Å². The fourth-order valence-corrected chi connectivity index (χ4v) is 2.70. The lowest BCUT2D eigenvalue weighted by Crippen LogP contribution is -2.04. The number of nitrogens with one attached hydrogen (secondary N) is 1. The van der Waals surface area contributed by atoms with E-state index in [2.05, 4.69) is 50.3 Å². The third-order valence-electron chi connectivity index (χ3n) is 3.41. The van der Waals surface area contributed by atoms with Gasteiger partial charge in [0.2, 0.25) is 0 Å². The van der Waals surface area contributed by atoms with Crippen LogP contribution in [0, 0.1) is 0 Å². The maximum atomic E-state index is 4.63. The maximum absolute atomic E-state index is 4.63. The van der Waals surface area contributed by atoms with E-state index in [0.717, 1.165) is 33.3 Å². The van der Waals surface area contributed by atoms with Crippen LogP contribution in [0.15, 0.2) is 53.1 Å². The molecule has 1 heterocycles. The highest BCUT2D eigenvalue weighted by molar-refractivity contribution is 9.10. The Bertz CT molecular complexity index is 771. The zero-order chi connectivity index (χ0) is 14.7. The van der Waals surface area contributed by atoms with E-state index >= 15 is 0 Å². The van der Waals surface area contributed by atoms with Crippen molar-refractivity contribution in [2.75, 3.05) is 5.32 Å². The van der Waals surface area contributed by atoms with Crippen molar-refractivity contribution in [3.05, 3.63) is 64.4 Å². The molecule has 4 heteroatoms. The first-order chi connectivity index (χ1) is 10.3. The van der Waals surface area contributed by atoms with Gasteiger partial charge in [0.1, 0.15) is 0 Å². The summed E-state index contributed by atoms with van der Waals surface area (Å²) < 4.78 is 1.11. The fourth-order valence-electron chi connectivity index (χ4n) is 2.29. The summed E-state index contributed by atoms with van der Waals surface area (Å²) in [6.07, 6.45) is 2.82. The topological polar surface area (TPSA) is 37.8 Å². The van der Waals surface area contributed by atoms with Crippen molar-refractivity contribution in [2.45, 2.75) is 19.9 Å². The molecule has 1 aromatic heterocycles. The molecule has 1 N–H and O–H groups in total. The standard InChI is InChI=1S/C17H16BrN3/c1-2-12-9-13(18)7-8-15(12)19-10-14-11-20-16-5-3-4-6-17(16)21-14/h3-9,11,19H,2,10H2,1H3. The van der Waals surface area contributed by atoms with E-state index in [-0.39, 0.29) is 0 Å². The zero-order valence-corrected chi connectivity index (χ0v) is 13.4. The molecule has 3 aromatic rings. The summed E-state index contributed by atoms with van der Waals surface area (Å²) in [5, 5.41) is 3.45. The predicted octanol–water partition coefficient (Wildman–Crippen LogP) is 4.57. The lowest BCUT2D eigenvalue weighted by Gasteiger charge is -2.11. The Kier molecular flexibility index (Phi) is 4.15. The van der Waals surface area contributed by atoms with Crippen LogP contribution in [0.5, 0.6) is 0 Å². The summed E-state index contributed by atoms with van der Waals surface area (Å²) in [7, 11) is 0. The Balaban J connectivity index is 1.80. The van der Waals surface area contributed by atoms with Crippen LogP contribution in [0.2, 0.25) is 0 Å². The predicted molar refractivity (Wildman–Crippen MR) is 90.4 cm³/mol. The highest BCUT2D eigenvalue weighted by atomic mass is 79.9. The van der Waals surface area contributed by atoms with E-state index in [1.807, 2.05) is 36.5 Å². The van der Waals surface area contributed by atoms with Gasteiger partial charge in [-0.2, -0.15) is 0 Å². The second-order valence-electron chi connectivity index (χ2n) is 4.86. The van der Waals surface area contributed by atoms with Crippen LogP contribution in [0.4, 0.5) is 5.69 Å². The van der Waals surface area contributed by atoms with E-state index in [1.54, 1.807) is 0 Å². The average molecular weight is 342 g/mol. The van der Waals surface area contributed by atoms with Gasteiger partial charge >= 0.3 is 0 Å². The molecule has 2 aromatic carbocycles. The van der Waals surface area contributed by atoms with Crippen LogP contribution in [0.25, 0.3) is 11.0 Å². The van der Waals surface area contributed by atoms with Gasteiger partial charge in [0.05, 0.1) is 29.5 Å². The van der Waals surface area contributed by atoms with E-state index in [4.69, 9.17) is 0 Å². The first-order valence-corrected chi connectivity index (χ1v) is 7.78. The molecule has 0 aliphatic rings. The number of rotatable bonds is 4. The van der Waals surface area contributed by atoms with Crippen molar-refractivity contribution in [1.29, 1.82) is 0 Å². The third-order valence-corrected chi connectivity index (χ3v) is 3.90. The van der Waals surface area contributed by atoms with Gasteiger partial charge in [-0.3, -0.25) is 4.98 Å². The molecule has 106 valence electrons. The first-order valence-electron chi connectivity index (χ1n) is 6.99. The van der Waals surface area contributed by atoms with Gasteiger partial charge in [-0.05, 0) is 42.3 Å². The van der Waals surface area contributed by atoms with Gasteiger partial charge in [0.15, 0.2) is 0 Å². The van der Waals surface area contributed by atoms with E-state index in [0.29, 0.717) is 6.54 Å². The second kappa shape index (κ2) is 6.22. The molecule has 0 bridgehead atoms. The molecule has 0 aliphatic carbocycles. The van der Waals surface area contributed by atoms with Crippen LogP contribution in [-0.2, 0) is 13.0 Å². The SMILES string of the molecule is CCc1cc(Br)ccc1NCc1cnc2ccccc2n1. The number of anilines is 1. The summed E-state index contributed by atoms with van der Waals surface area (Å²) >= 11 is 3.51. The third kappa shape index (κ3) is 3.22. The largest absolute Gasteiger partial charge is 0.379 e. The maximum Gasteiger partial charge on any atom is 0.0890 e. The number of nitrogens with zero attached hydrogens (tertiary/aromatic N) is 2. The quantitative estimate of drug-likeness (QED) is 0.755. The smallest absolute Gasteiger partial charge is 0.0890 e. The minimum absolute atomic E-state index is 0.673. The Hall–Kier alpha value is -1.94. The second-order valence-corrected chi connectivity index (χ2v) is 5.77. The van der Waals surface area contributed by atoms with Crippen LogP contribution < -0.4 is 5.32 Å². The molecule has 0 radical (unpaired) electrons. The lowest BCUT2D eigenvalue weighted by molar-refractivity contribution is 1.03. The monoisotopic (exact) mass is 341 g/mol. The van der Waals surface area contributed by atoms with Crippen LogP contribution in [-0.4, -0.2) is 9.97 Å². The number of fused-ring (bicyclic) bond motifs is 1. The van der Waals surface area contributed by atoms with Crippen molar-refractivity contribution in [3.63, 3.8) is 0 Å². The highest BCUT2D eigenvalue weighted by Gasteiger charge is 2.03. The zero-order valence-electron chi connectivity index (χ0n) is 11.8. The Morgan fingerprint density at radius 3 is 2.71 bits per heavy atom. The summed E-state index contributed by atoms with van der Waals surface area (Å²) in [6, 6.07) is 14.2. The van der Waals surface area contributed by atoms with Gasteiger partial charge in [-0.25, -0.2) is 4.98 Å². The molecular formula is C17H16BrN3.